The quantitative estimate of drug-likeness (QED) is 0.846. The van der Waals surface area contributed by atoms with Crippen molar-refractivity contribution in [3.8, 4) is 0 Å². The molecule has 0 radical (unpaired) electrons. The van der Waals surface area contributed by atoms with Crippen LogP contribution in [0.4, 0.5) is 19.0 Å². The monoisotopic (exact) mass is 350 g/mol. The van der Waals surface area contributed by atoms with Gasteiger partial charge in [-0.05, 0) is 38.6 Å². The normalized spacial score (nSPS) is 15.6. The van der Waals surface area contributed by atoms with Gasteiger partial charge in [0.2, 0.25) is 0 Å². The number of rotatable bonds is 4. The highest BCUT2D eigenvalue weighted by molar-refractivity contribution is 5.50. The van der Waals surface area contributed by atoms with E-state index in [-0.39, 0.29) is 0 Å². The van der Waals surface area contributed by atoms with Crippen molar-refractivity contribution in [3.63, 3.8) is 0 Å². The fourth-order valence-electron chi connectivity index (χ4n) is 2.97. The molecule has 1 fully saturated rings. The van der Waals surface area contributed by atoms with Crippen LogP contribution in [0.3, 0.4) is 0 Å². The third kappa shape index (κ3) is 3.76. The summed E-state index contributed by atoms with van der Waals surface area (Å²) >= 11 is 0. The van der Waals surface area contributed by atoms with Crippen molar-refractivity contribution in [1.29, 1.82) is 0 Å². The number of likely N-dealkylation sites (N-methyl/N-ethyl adjacent to an activating group) is 1. The van der Waals surface area contributed by atoms with Gasteiger partial charge in [-0.1, -0.05) is 12.1 Å². The third-order valence-corrected chi connectivity index (χ3v) is 4.81. The van der Waals surface area contributed by atoms with Crippen LogP contribution in [0.25, 0.3) is 0 Å². The molecule has 4 nitrogen and oxygen atoms in total. The van der Waals surface area contributed by atoms with Gasteiger partial charge in [-0.25, -0.2) is 9.97 Å². The van der Waals surface area contributed by atoms with Crippen LogP contribution in [0.1, 0.15) is 22.4 Å². The Hall–Kier alpha value is -2.15. The predicted molar refractivity (Wildman–Crippen MR) is 90.4 cm³/mol. The number of halogens is 3. The zero-order valence-electron chi connectivity index (χ0n) is 14.5. The molecule has 134 valence electrons. The first kappa shape index (κ1) is 17.7. The van der Waals surface area contributed by atoms with Crippen LogP contribution in [0.2, 0.25) is 0 Å². The van der Waals surface area contributed by atoms with E-state index in [1.54, 1.807) is 18.5 Å². The van der Waals surface area contributed by atoms with Gasteiger partial charge in [-0.3, -0.25) is 4.90 Å². The molecule has 0 N–H and O–H groups in total. The Balaban J connectivity index is 1.57. The lowest BCUT2D eigenvalue weighted by Gasteiger charge is -2.45. The van der Waals surface area contributed by atoms with E-state index < -0.39 is 11.7 Å². The summed E-state index contributed by atoms with van der Waals surface area (Å²) in [5.41, 5.74) is 2.34. The van der Waals surface area contributed by atoms with Gasteiger partial charge in [0.15, 0.2) is 0 Å². The molecule has 0 aliphatic carbocycles. The number of nitrogens with zero attached hydrogens (tertiary/aromatic N) is 4. The SMILES string of the molecule is Cc1ncnc(N2CC(N(C)Cc3ccc(C(F)(F)F)cc3)C2)c1C. The minimum Gasteiger partial charge on any atom is -0.353 e. The average Bonchev–Trinajstić information content (AvgIpc) is 2.49. The van der Waals surface area contributed by atoms with E-state index in [9.17, 15) is 13.2 Å². The zero-order chi connectivity index (χ0) is 18.2. The van der Waals surface area contributed by atoms with Crippen LogP contribution in [0.5, 0.6) is 0 Å². The summed E-state index contributed by atoms with van der Waals surface area (Å²) in [5, 5.41) is 0. The summed E-state index contributed by atoms with van der Waals surface area (Å²) in [4.78, 5) is 12.9. The smallest absolute Gasteiger partial charge is 0.353 e. The Morgan fingerprint density at radius 1 is 1.12 bits per heavy atom. The molecule has 0 atom stereocenters. The van der Waals surface area contributed by atoms with Gasteiger partial charge in [-0.2, -0.15) is 13.2 Å². The van der Waals surface area contributed by atoms with Gasteiger partial charge in [0.1, 0.15) is 12.1 Å². The molecule has 2 heterocycles. The van der Waals surface area contributed by atoms with E-state index in [4.69, 9.17) is 0 Å². The average molecular weight is 350 g/mol. The van der Waals surface area contributed by atoms with Gasteiger partial charge >= 0.3 is 6.18 Å². The molecule has 0 amide bonds. The van der Waals surface area contributed by atoms with E-state index >= 15 is 0 Å². The number of anilines is 1. The van der Waals surface area contributed by atoms with E-state index in [1.165, 1.54) is 0 Å². The lowest BCUT2D eigenvalue weighted by molar-refractivity contribution is -0.137. The van der Waals surface area contributed by atoms with Crippen molar-refractivity contribution < 1.29 is 13.2 Å². The highest BCUT2D eigenvalue weighted by Gasteiger charge is 2.32. The summed E-state index contributed by atoms with van der Waals surface area (Å²) in [6, 6.07) is 5.74. The Morgan fingerprint density at radius 3 is 2.36 bits per heavy atom. The van der Waals surface area contributed by atoms with Crippen LogP contribution in [0, 0.1) is 13.8 Å². The fourth-order valence-corrected chi connectivity index (χ4v) is 2.97. The van der Waals surface area contributed by atoms with Crippen molar-refractivity contribution in [2.24, 2.45) is 0 Å². The molecule has 1 aliphatic heterocycles. The Labute approximate surface area is 145 Å². The van der Waals surface area contributed by atoms with Crippen molar-refractivity contribution >= 4 is 5.82 Å². The second kappa shape index (κ2) is 6.63. The Morgan fingerprint density at radius 2 is 1.76 bits per heavy atom. The molecule has 0 bridgehead atoms. The van der Waals surface area contributed by atoms with Crippen LogP contribution < -0.4 is 4.90 Å². The number of hydrogen-bond donors (Lipinski definition) is 0. The standard InChI is InChI=1S/C18H21F3N4/c1-12-13(2)22-11-23-17(12)25-9-16(10-25)24(3)8-14-4-6-15(7-5-14)18(19,20)21/h4-7,11,16H,8-10H2,1-3H3. The van der Waals surface area contributed by atoms with Crippen molar-refractivity contribution in [3.05, 3.63) is 53.0 Å². The molecule has 2 aromatic rings. The first-order valence-electron chi connectivity index (χ1n) is 8.15. The Kier molecular flexibility index (Phi) is 4.69. The van der Waals surface area contributed by atoms with Crippen LogP contribution >= 0.6 is 0 Å². The molecule has 0 saturated carbocycles. The highest BCUT2D eigenvalue weighted by Crippen LogP contribution is 2.30. The summed E-state index contributed by atoms with van der Waals surface area (Å²) < 4.78 is 37.8. The maximum Gasteiger partial charge on any atom is 0.416 e. The second-order valence-electron chi connectivity index (χ2n) is 6.58. The summed E-state index contributed by atoms with van der Waals surface area (Å²) in [7, 11) is 2.00. The van der Waals surface area contributed by atoms with E-state index in [1.807, 2.05) is 20.9 Å². The first-order chi connectivity index (χ1) is 11.8. The summed E-state index contributed by atoms with van der Waals surface area (Å²) in [6.07, 6.45) is -2.71. The highest BCUT2D eigenvalue weighted by atomic mass is 19.4. The van der Waals surface area contributed by atoms with Crippen molar-refractivity contribution in [2.75, 3.05) is 25.0 Å². The molecular weight excluding hydrogens is 329 g/mol. The number of hydrogen-bond acceptors (Lipinski definition) is 4. The van der Waals surface area contributed by atoms with Crippen molar-refractivity contribution in [1.82, 2.24) is 14.9 Å². The molecule has 1 aliphatic rings. The third-order valence-electron chi connectivity index (χ3n) is 4.81. The van der Waals surface area contributed by atoms with Crippen LogP contribution in [-0.2, 0) is 12.7 Å². The lowest BCUT2D eigenvalue weighted by Crippen LogP contribution is -2.58. The summed E-state index contributed by atoms with van der Waals surface area (Å²) in [5.74, 6) is 0.965. The molecule has 1 saturated heterocycles. The van der Waals surface area contributed by atoms with Crippen molar-refractivity contribution in [2.45, 2.75) is 32.6 Å². The first-order valence-corrected chi connectivity index (χ1v) is 8.15. The van der Waals surface area contributed by atoms with Gasteiger partial charge in [0.05, 0.1) is 5.56 Å². The maximum absolute atomic E-state index is 12.6. The largest absolute Gasteiger partial charge is 0.416 e. The van der Waals surface area contributed by atoms with Gasteiger partial charge in [-0.15, -0.1) is 0 Å². The molecule has 25 heavy (non-hydrogen) atoms. The van der Waals surface area contributed by atoms with Gasteiger partial charge < -0.3 is 4.90 Å². The molecule has 0 unspecified atom stereocenters. The lowest BCUT2D eigenvalue weighted by atomic mass is 10.0. The number of aryl methyl sites for hydroxylation is 1. The van der Waals surface area contributed by atoms with E-state index in [0.29, 0.717) is 12.6 Å². The fraction of sp³-hybridized carbons (Fsp3) is 0.444. The number of aromatic nitrogens is 2. The maximum atomic E-state index is 12.6. The molecule has 0 spiro atoms. The molecule has 3 rings (SSSR count). The molecule has 1 aromatic carbocycles. The summed E-state index contributed by atoms with van der Waals surface area (Å²) in [6.45, 7) is 6.32. The van der Waals surface area contributed by atoms with Crippen LogP contribution in [-0.4, -0.2) is 41.0 Å². The Bertz CT molecular complexity index is 737. The number of alkyl halides is 3. The van der Waals surface area contributed by atoms with Gasteiger partial charge in [0, 0.05) is 36.9 Å². The van der Waals surface area contributed by atoms with E-state index in [2.05, 4.69) is 19.8 Å². The second-order valence-corrected chi connectivity index (χ2v) is 6.58. The van der Waals surface area contributed by atoms with Crippen LogP contribution in [0.15, 0.2) is 30.6 Å². The molecular formula is C18H21F3N4. The minimum absolute atomic E-state index is 0.358. The number of benzene rings is 1. The molecule has 1 aromatic heterocycles. The molecule has 7 heteroatoms. The topological polar surface area (TPSA) is 32.3 Å². The van der Waals surface area contributed by atoms with Gasteiger partial charge in [0.25, 0.3) is 0 Å². The van der Waals surface area contributed by atoms with E-state index in [0.717, 1.165) is 47.9 Å². The predicted octanol–water partition coefficient (Wildman–Crippen LogP) is 3.43. The zero-order valence-corrected chi connectivity index (χ0v) is 14.5. The minimum atomic E-state index is -4.29.